The molecule has 0 saturated carbocycles. The lowest BCUT2D eigenvalue weighted by atomic mass is 9.85. The predicted octanol–water partition coefficient (Wildman–Crippen LogP) is 6.51. The van der Waals surface area contributed by atoms with Gasteiger partial charge in [0.15, 0.2) is 0 Å². The molecule has 2 aromatic carbocycles. The number of nitrogens with one attached hydrogen (secondary N) is 5. The Morgan fingerprint density at radius 3 is 2.14 bits per heavy atom. The molecule has 0 bridgehead atoms. The van der Waals surface area contributed by atoms with Crippen molar-refractivity contribution in [3.8, 4) is 21.6 Å². The molecular formula is C61H77F4N13O8S. The molecule has 21 nitrogen and oxygen atoms in total. The molecule has 3 aromatic heterocycles. The van der Waals surface area contributed by atoms with Crippen molar-refractivity contribution in [3.05, 3.63) is 105 Å². The molecule has 3 aliphatic rings. The second-order valence-electron chi connectivity index (χ2n) is 23.8. The number of hydrogen-bond donors (Lipinski definition) is 6. The monoisotopic (exact) mass is 1230 g/mol. The number of likely N-dealkylation sites (tertiary alicyclic amines) is 1. The molecule has 468 valence electrons. The summed E-state index contributed by atoms with van der Waals surface area (Å²) in [7, 11) is 1.96. The van der Waals surface area contributed by atoms with E-state index in [1.165, 1.54) is 29.4 Å². The molecule has 8 rings (SSSR count). The molecule has 3 saturated heterocycles. The first-order valence-corrected chi connectivity index (χ1v) is 30.2. The van der Waals surface area contributed by atoms with Gasteiger partial charge in [0.05, 0.1) is 44.7 Å². The number of likely N-dealkylation sites (N-methyl/N-ethyl adjacent to an activating group) is 1. The van der Waals surface area contributed by atoms with Gasteiger partial charge in [-0.1, -0.05) is 57.9 Å². The number of aromatic amines is 1. The Hall–Kier alpha value is -7.84. The van der Waals surface area contributed by atoms with E-state index in [1.54, 1.807) is 21.7 Å². The minimum atomic E-state index is -5.01. The van der Waals surface area contributed by atoms with Gasteiger partial charge in [0.25, 0.3) is 5.91 Å². The number of piperazine rings is 2. The number of H-pyrrole nitrogens is 1. The number of pyridine rings is 1. The van der Waals surface area contributed by atoms with Crippen molar-refractivity contribution in [3.63, 3.8) is 0 Å². The Labute approximate surface area is 506 Å². The van der Waals surface area contributed by atoms with Gasteiger partial charge in [-0.3, -0.25) is 38.5 Å². The van der Waals surface area contributed by atoms with Crippen molar-refractivity contribution in [2.24, 2.45) is 5.41 Å². The Kier molecular flexibility index (Phi) is 21.2. The van der Waals surface area contributed by atoms with Crippen LogP contribution in [0.2, 0.25) is 0 Å². The summed E-state index contributed by atoms with van der Waals surface area (Å²) in [6.45, 7) is 14.3. The number of thiazole rings is 1. The first-order valence-electron chi connectivity index (χ1n) is 29.3. The summed E-state index contributed by atoms with van der Waals surface area (Å²) >= 11 is 1.56. The molecule has 3 aliphatic heterocycles. The number of β-amino-alcohol motifs (C(OH)–C–C–N with tert-alkyl or cyclic N) is 1. The first-order chi connectivity index (χ1) is 41.2. The number of nitrogens with zero attached hydrogens (tertiary/aromatic N) is 8. The lowest BCUT2D eigenvalue weighted by Gasteiger charge is -2.44. The lowest BCUT2D eigenvalue weighted by Crippen LogP contribution is -2.57. The number of aliphatic hydroxyl groups is 1. The van der Waals surface area contributed by atoms with E-state index >= 15 is 4.39 Å². The zero-order chi connectivity index (χ0) is 62.9. The molecule has 6 heterocycles. The van der Waals surface area contributed by atoms with Gasteiger partial charge in [-0.25, -0.2) is 19.3 Å². The van der Waals surface area contributed by atoms with Crippen molar-refractivity contribution in [1.82, 2.24) is 50.6 Å². The van der Waals surface area contributed by atoms with Crippen LogP contribution in [0.5, 0.6) is 0 Å². The number of alkyl halides is 3. The van der Waals surface area contributed by atoms with E-state index in [9.17, 15) is 51.8 Å². The standard InChI is InChI=1S/C61H77F4N13O8S/c1-36-32-77(33-37(2)74(36)7)48-27-46(62)43(25-47(48)72-56(84)44-31-67-52(82)26-45(44)61(63,64)65)41-29-69-59(70-30-41)76-22-20-75(21-23-76)53(83)18-17-50(80)66-19-11-9-8-10-12-51(81)73-55(60(4,5)6)58(86)78-34-42(79)24-49(78)57(85)68-28-39-13-15-40(16-14-39)54-38(3)71-35-87-54/h13-16,25-27,29-31,35-37,42,49,55,79H,8-12,17-24,28,32-34H2,1-7H3,(H,66,80)(H,67,82)(H,68,85)(H,72,84)(H,73,81)/t36-,37+,42-,49+,55?/m1/s1. The van der Waals surface area contributed by atoms with E-state index < -0.39 is 64.1 Å². The van der Waals surface area contributed by atoms with Crippen LogP contribution in [0.15, 0.2) is 71.4 Å². The Morgan fingerprint density at radius 2 is 1.49 bits per heavy atom. The highest BCUT2D eigenvalue weighted by atomic mass is 32.1. The average Bonchev–Trinajstić information content (AvgIpc) is 1.98. The Bertz CT molecular complexity index is 3320. The number of aliphatic hydroxyl groups excluding tert-OH is 1. The fourth-order valence-electron chi connectivity index (χ4n) is 11.1. The molecule has 3 fully saturated rings. The number of hydrogen-bond acceptors (Lipinski definition) is 15. The van der Waals surface area contributed by atoms with E-state index in [2.05, 4.69) is 46.1 Å². The molecule has 0 radical (unpaired) electrons. The third kappa shape index (κ3) is 16.6. The van der Waals surface area contributed by atoms with Gasteiger partial charge in [-0.15, -0.1) is 11.3 Å². The van der Waals surface area contributed by atoms with Gasteiger partial charge in [0.2, 0.25) is 41.0 Å². The SMILES string of the molecule is Cc1ncsc1-c1ccc(CNC(=O)[C@@H]2C[C@@H](O)CN2C(=O)C(NC(=O)CCCCCCNC(=O)CCC(=O)N2CCN(c3ncc(-c4cc(NC(=O)c5c[nH]c(=O)cc5C(F)(F)F)c(N5C[C@@H](C)N(C)[C@@H](C)C5)cc4F)cn3)CC2)C(C)(C)C)cc1. The van der Waals surface area contributed by atoms with Gasteiger partial charge < -0.3 is 51.0 Å². The van der Waals surface area contributed by atoms with Crippen LogP contribution in [0.1, 0.15) is 113 Å². The number of halogens is 4. The summed E-state index contributed by atoms with van der Waals surface area (Å²) in [5.74, 6) is -3.12. The highest BCUT2D eigenvalue weighted by Gasteiger charge is 2.45. The highest BCUT2D eigenvalue weighted by Crippen LogP contribution is 2.38. The summed E-state index contributed by atoms with van der Waals surface area (Å²) in [5.41, 5.74) is 1.17. The number of aryl methyl sites for hydroxylation is 1. The van der Waals surface area contributed by atoms with Crippen molar-refractivity contribution < 1.29 is 51.4 Å². The molecule has 1 unspecified atom stereocenters. The van der Waals surface area contributed by atoms with Gasteiger partial charge in [0, 0.05) is 132 Å². The van der Waals surface area contributed by atoms with Gasteiger partial charge in [-0.05, 0) is 69.3 Å². The van der Waals surface area contributed by atoms with Gasteiger partial charge in [-0.2, -0.15) is 13.2 Å². The fourth-order valence-corrected chi connectivity index (χ4v) is 11.9. The van der Waals surface area contributed by atoms with Crippen molar-refractivity contribution in [2.45, 2.75) is 136 Å². The maximum absolute atomic E-state index is 16.2. The second kappa shape index (κ2) is 28.3. The maximum atomic E-state index is 16.2. The van der Waals surface area contributed by atoms with Gasteiger partial charge >= 0.3 is 6.18 Å². The normalized spacial score (nSPS) is 18.8. The van der Waals surface area contributed by atoms with Crippen molar-refractivity contribution in [1.29, 1.82) is 0 Å². The minimum absolute atomic E-state index is 0.000692. The van der Waals surface area contributed by atoms with Crippen LogP contribution in [-0.2, 0) is 36.7 Å². The smallest absolute Gasteiger partial charge is 0.391 e. The Morgan fingerprint density at radius 1 is 0.816 bits per heavy atom. The third-order valence-corrected chi connectivity index (χ3v) is 17.3. The summed E-state index contributed by atoms with van der Waals surface area (Å²) in [6.07, 6.45) is 0.454. The number of anilines is 3. The average molecular weight is 1230 g/mol. The second-order valence-corrected chi connectivity index (χ2v) is 24.6. The summed E-state index contributed by atoms with van der Waals surface area (Å²) < 4.78 is 58.2. The summed E-state index contributed by atoms with van der Waals surface area (Å²) in [6, 6.07) is 8.85. The summed E-state index contributed by atoms with van der Waals surface area (Å²) in [5, 5.41) is 21.9. The number of aromatic nitrogens is 4. The maximum Gasteiger partial charge on any atom is 0.417 e. The van der Waals surface area contributed by atoms with E-state index in [4.69, 9.17) is 0 Å². The zero-order valence-corrected chi connectivity index (χ0v) is 50.9. The first kappa shape index (κ1) is 65.1. The number of rotatable bonds is 21. The highest BCUT2D eigenvalue weighted by molar-refractivity contribution is 7.13. The molecule has 87 heavy (non-hydrogen) atoms. The van der Waals surface area contributed by atoms with Crippen LogP contribution in [0.4, 0.5) is 34.9 Å². The molecule has 26 heteroatoms. The molecule has 5 aromatic rings. The molecule has 6 amide bonds. The van der Waals surface area contributed by atoms with Gasteiger partial charge in [0.1, 0.15) is 17.9 Å². The predicted molar refractivity (Wildman–Crippen MR) is 322 cm³/mol. The lowest BCUT2D eigenvalue weighted by molar-refractivity contribution is -0.144. The number of amides is 6. The van der Waals surface area contributed by atoms with Crippen LogP contribution < -0.4 is 36.6 Å². The Balaban J connectivity index is 0.743. The third-order valence-electron chi connectivity index (χ3n) is 16.3. The van der Waals surface area contributed by atoms with Crippen LogP contribution in [0, 0.1) is 18.2 Å². The van der Waals surface area contributed by atoms with E-state index in [-0.39, 0.29) is 97.0 Å². The number of carbonyl (C=O) groups is 6. The molecule has 0 spiro atoms. The zero-order valence-electron chi connectivity index (χ0n) is 50.1. The molecule has 5 atom stereocenters. The molecule has 0 aliphatic carbocycles. The van der Waals surface area contributed by atoms with Crippen LogP contribution in [0.25, 0.3) is 21.6 Å². The largest absolute Gasteiger partial charge is 0.417 e. The van der Waals surface area contributed by atoms with Crippen LogP contribution >= 0.6 is 11.3 Å². The van der Waals surface area contributed by atoms with E-state index in [1.807, 2.05) is 82.7 Å². The molecular weight excluding hydrogens is 1150 g/mol. The number of unbranched alkanes of at least 4 members (excludes halogenated alkanes) is 3. The number of carbonyl (C=O) groups excluding carboxylic acids is 6. The van der Waals surface area contributed by atoms with Crippen LogP contribution in [-0.4, -0.2) is 165 Å². The van der Waals surface area contributed by atoms with E-state index in [0.717, 1.165) is 28.1 Å². The summed E-state index contributed by atoms with van der Waals surface area (Å²) in [4.78, 5) is 117. The molecule has 6 N–H and O–H groups in total. The quantitative estimate of drug-likeness (QED) is 0.0339. The number of benzene rings is 2. The van der Waals surface area contributed by atoms with E-state index in [0.29, 0.717) is 83.3 Å². The topological polar surface area (TPSA) is 258 Å². The van der Waals surface area contributed by atoms with Crippen LogP contribution in [0.3, 0.4) is 0 Å². The fraction of sp³-hybridized carbons (Fsp3) is 0.508. The minimum Gasteiger partial charge on any atom is -0.391 e. The van der Waals surface area contributed by atoms with Crippen molar-refractivity contribution in [2.75, 3.05) is 74.5 Å². The van der Waals surface area contributed by atoms with Crippen molar-refractivity contribution >= 4 is 64.1 Å².